The molecule has 0 spiro atoms. The van der Waals surface area contributed by atoms with Crippen LogP contribution in [0.4, 0.5) is 4.39 Å². The number of thiophene rings is 1. The number of benzene rings is 2. The maximum absolute atomic E-state index is 13.6. The molecule has 46 heavy (non-hydrogen) atoms. The van der Waals surface area contributed by atoms with Crippen LogP contribution in [0.25, 0.3) is 42.8 Å². The summed E-state index contributed by atoms with van der Waals surface area (Å²) in [5.41, 5.74) is 3.13. The standard InChI is InChI=1S/C22H20FN2S.C17H22NSi.Ir/c1-13-12-24-18(10-14(13)11-22(2,3)4)17-7-5-6-15-16-8-9-19(23)25-21(16)26-20(15)17;1-13(2)15-11-16(14-9-7-6-8-10-14)18-12-17(15)19(3,4)5;/h5-6,8-10,12H,11H2,1-4H3;6-9,11-13H,1-5H3;/q2*-1;/i1D3,11D2;13D;. The number of hydrogen-bond acceptors (Lipinski definition) is 4. The average molecular weight is 830 g/mol. The van der Waals surface area contributed by atoms with Crippen molar-refractivity contribution in [3.05, 3.63) is 108 Å². The van der Waals surface area contributed by atoms with Gasteiger partial charge < -0.3 is 9.97 Å². The van der Waals surface area contributed by atoms with Gasteiger partial charge in [-0.3, -0.25) is 0 Å². The van der Waals surface area contributed by atoms with Crippen molar-refractivity contribution < 1.29 is 32.7 Å². The SMILES string of the molecule is [2H]C(C)(C)c1cc(-c2[c-]cccc2)ncc1[Si](C)(C)C.[2H]C([2H])([2H])c1cnc(-c2[c-]ccc3c2sc2nc(F)ccc23)cc1C([2H])([2H])C(C)(C)C.[Ir]. The molecule has 0 unspecified atom stereocenters. The number of aryl methyl sites for hydroxylation is 1. The molecule has 0 atom stereocenters. The molecule has 6 rings (SSSR count). The average Bonchev–Trinajstić information content (AvgIpc) is 3.41. The molecule has 7 heteroatoms. The van der Waals surface area contributed by atoms with Crippen LogP contribution in [-0.2, 0) is 26.5 Å². The van der Waals surface area contributed by atoms with Gasteiger partial charge in [0.15, 0.2) is 0 Å². The molecule has 4 aromatic heterocycles. The third-order valence-electron chi connectivity index (χ3n) is 7.17. The Morgan fingerprint density at radius 2 is 1.74 bits per heavy atom. The predicted octanol–water partition coefficient (Wildman–Crippen LogP) is 10.6. The summed E-state index contributed by atoms with van der Waals surface area (Å²) in [5, 5.41) is 2.95. The van der Waals surface area contributed by atoms with Crippen molar-refractivity contribution in [2.45, 2.75) is 73.4 Å². The number of aromatic nitrogens is 3. The van der Waals surface area contributed by atoms with Crippen LogP contribution in [0.2, 0.25) is 19.6 Å². The quantitative estimate of drug-likeness (QED) is 0.0987. The molecule has 0 fully saturated rings. The molecule has 4 heterocycles. The van der Waals surface area contributed by atoms with Gasteiger partial charge >= 0.3 is 0 Å². The zero-order valence-electron chi connectivity index (χ0n) is 33.4. The topological polar surface area (TPSA) is 38.7 Å². The molecule has 3 nitrogen and oxygen atoms in total. The van der Waals surface area contributed by atoms with Crippen molar-refractivity contribution in [1.82, 2.24) is 15.0 Å². The smallest absolute Gasteiger partial charge is 0.214 e. The molecule has 0 aliphatic heterocycles. The van der Waals surface area contributed by atoms with Crippen LogP contribution < -0.4 is 5.19 Å². The Balaban J connectivity index is 0.000000250. The van der Waals surface area contributed by atoms with Crippen molar-refractivity contribution in [2.24, 2.45) is 5.41 Å². The van der Waals surface area contributed by atoms with Gasteiger partial charge in [0.1, 0.15) is 4.83 Å². The van der Waals surface area contributed by atoms with E-state index in [1.54, 1.807) is 32.9 Å². The monoisotopic (exact) mass is 830 g/mol. The molecule has 0 aliphatic rings. The summed E-state index contributed by atoms with van der Waals surface area (Å²) < 4.78 is 63.9. The minimum atomic E-state index is -2.51. The van der Waals surface area contributed by atoms with Crippen molar-refractivity contribution in [3.8, 4) is 22.5 Å². The first-order valence-corrected chi connectivity index (χ1v) is 19.2. The fraction of sp³-hybridized carbons (Fsp3) is 0.308. The minimum absolute atomic E-state index is 0. The van der Waals surface area contributed by atoms with Crippen molar-refractivity contribution >= 4 is 44.9 Å². The van der Waals surface area contributed by atoms with E-state index in [0.717, 1.165) is 32.3 Å². The summed E-state index contributed by atoms with van der Waals surface area (Å²) in [5.74, 6) is -1.17. The number of pyridine rings is 3. The summed E-state index contributed by atoms with van der Waals surface area (Å²) >= 11 is 1.30. The molecule has 1 radical (unpaired) electrons. The fourth-order valence-electron chi connectivity index (χ4n) is 5.06. The first-order chi connectivity index (χ1) is 23.5. The maximum atomic E-state index is 13.6. The van der Waals surface area contributed by atoms with Gasteiger partial charge in [-0.15, -0.1) is 59.7 Å². The van der Waals surface area contributed by atoms with E-state index in [1.807, 2.05) is 50.4 Å². The van der Waals surface area contributed by atoms with E-state index in [9.17, 15) is 4.39 Å². The van der Waals surface area contributed by atoms with Gasteiger partial charge in [-0.05, 0) is 63.5 Å². The van der Waals surface area contributed by atoms with Gasteiger partial charge in [-0.1, -0.05) is 82.9 Å². The second kappa shape index (κ2) is 14.3. The van der Waals surface area contributed by atoms with E-state index in [2.05, 4.69) is 52.8 Å². The Morgan fingerprint density at radius 1 is 0.978 bits per heavy atom. The summed E-state index contributed by atoms with van der Waals surface area (Å²) in [7, 11) is -1.50. The Kier molecular flexibility index (Phi) is 8.72. The van der Waals surface area contributed by atoms with Crippen LogP contribution in [0.1, 0.15) is 65.4 Å². The van der Waals surface area contributed by atoms with Crippen LogP contribution in [0.15, 0.2) is 73.1 Å². The molecule has 6 aromatic rings. The number of rotatable bonds is 5. The van der Waals surface area contributed by atoms with Gasteiger partial charge in [-0.2, -0.15) is 15.7 Å². The fourth-order valence-corrected chi connectivity index (χ4v) is 7.81. The molecule has 0 N–H and O–H groups in total. The van der Waals surface area contributed by atoms with E-state index in [4.69, 9.17) is 8.22 Å². The van der Waals surface area contributed by atoms with Crippen LogP contribution >= 0.6 is 11.3 Å². The number of fused-ring (bicyclic) bond motifs is 3. The molecule has 0 bridgehead atoms. The minimum Gasteiger partial charge on any atom is -0.305 e. The number of halogens is 1. The van der Waals surface area contributed by atoms with Gasteiger partial charge in [0.2, 0.25) is 5.95 Å². The van der Waals surface area contributed by atoms with Gasteiger partial charge in [0.05, 0.1) is 8.07 Å². The Bertz CT molecular complexity index is 2210. The second-order valence-electron chi connectivity index (χ2n) is 13.3. The predicted molar refractivity (Wildman–Crippen MR) is 193 cm³/mol. The third kappa shape index (κ3) is 8.24. The molecular formula is C39H42FIrN3SSi-2. The van der Waals surface area contributed by atoms with E-state index < -0.39 is 38.6 Å². The first-order valence-electron chi connectivity index (χ1n) is 17.9. The number of nitrogens with zero attached hydrogens (tertiary/aromatic N) is 3. The van der Waals surface area contributed by atoms with E-state index in [1.165, 1.54) is 34.9 Å². The second-order valence-corrected chi connectivity index (χ2v) is 19.4. The third-order valence-corrected chi connectivity index (χ3v) is 10.3. The van der Waals surface area contributed by atoms with Crippen molar-refractivity contribution in [2.75, 3.05) is 0 Å². The molecule has 0 amide bonds. The zero-order chi connectivity index (χ0) is 37.7. The summed E-state index contributed by atoms with van der Waals surface area (Å²) in [6, 6.07) is 24.4. The van der Waals surface area contributed by atoms with E-state index in [-0.39, 0.29) is 31.2 Å². The van der Waals surface area contributed by atoms with E-state index in [0.29, 0.717) is 16.1 Å². The first kappa shape index (κ1) is 28.0. The summed E-state index contributed by atoms with van der Waals surface area (Å²) in [4.78, 5) is 13.5. The van der Waals surface area contributed by atoms with Crippen LogP contribution in [0, 0.1) is 30.3 Å². The number of hydrogen-bond donors (Lipinski definition) is 0. The molecule has 0 aliphatic carbocycles. The molecule has 0 saturated heterocycles. The molecule has 241 valence electrons. The van der Waals surface area contributed by atoms with Crippen LogP contribution in [0.3, 0.4) is 0 Å². The Hall–Kier alpha value is -3.09. The maximum Gasteiger partial charge on any atom is 0.214 e. The van der Waals surface area contributed by atoms with Gasteiger partial charge in [0, 0.05) is 46.1 Å². The van der Waals surface area contributed by atoms with Gasteiger partial charge in [0.25, 0.3) is 0 Å². The Labute approximate surface area is 300 Å². The van der Waals surface area contributed by atoms with Crippen molar-refractivity contribution in [3.63, 3.8) is 0 Å². The van der Waals surface area contributed by atoms with Crippen LogP contribution in [-0.4, -0.2) is 23.0 Å². The van der Waals surface area contributed by atoms with Gasteiger partial charge in [-0.25, -0.2) is 4.98 Å². The Morgan fingerprint density at radius 3 is 2.39 bits per heavy atom. The van der Waals surface area contributed by atoms with E-state index >= 15 is 0 Å². The van der Waals surface area contributed by atoms with Crippen molar-refractivity contribution in [1.29, 1.82) is 0 Å². The molecule has 2 aromatic carbocycles. The molecular weight excluding hydrogens is 782 g/mol. The normalized spacial score (nSPS) is 14.5. The largest absolute Gasteiger partial charge is 0.305 e. The summed E-state index contributed by atoms with van der Waals surface area (Å²) in [6.07, 6.45) is 1.29. The summed E-state index contributed by atoms with van der Waals surface area (Å²) in [6.45, 7) is 13.5. The zero-order valence-corrected chi connectivity index (χ0v) is 31.6. The molecule has 0 saturated carbocycles. The van der Waals surface area contributed by atoms with Crippen LogP contribution in [0.5, 0.6) is 0 Å².